The second kappa shape index (κ2) is 11.8. The zero-order valence-electron chi connectivity index (χ0n) is 23.9. The quantitative estimate of drug-likeness (QED) is 0.478. The zero-order chi connectivity index (χ0) is 30.2. The summed E-state index contributed by atoms with van der Waals surface area (Å²) in [5.41, 5.74) is 2.74. The molecule has 224 valence electrons. The van der Waals surface area contributed by atoms with E-state index in [4.69, 9.17) is 11.6 Å². The molecule has 2 atom stereocenters. The maximum Gasteiger partial charge on any atom is 0.254 e. The molecule has 0 spiro atoms. The minimum absolute atomic E-state index is 0.00686. The van der Waals surface area contributed by atoms with Crippen LogP contribution in [-0.2, 0) is 22.6 Å². The standard InChI is InChI=1S/C32H33ClFN5O4/c1-20(40)36-10-12-37(13-11-36)32(43)22-8-9-29(27(15-22)35-30(41)16-24-25(33)4-2-5-26(24)34)38-17-21-14-23(19-38)28-6-3-7-31(42)39(28)18-21/h2-9,15,21,23H,10-14,16-19H2,1H3,(H,35,41). The molecule has 3 aromatic rings. The van der Waals surface area contributed by atoms with Gasteiger partial charge in [-0.05, 0) is 48.7 Å². The lowest BCUT2D eigenvalue weighted by atomic mass is 9.83. The number of nitrogens with one attached hydrogen (secondary N) is 1. The van der Waals surface area contributed by atoms with Gasteiger partial charge in [-0.15, -0.1) is 0 Å². The largest absolute Gasteiger partial charge is 0.369 e. The molecule has 3 aliphatic rings. The molecule has 11 heteroatoms. The molecule has 9 nitrogen and oxygen atoms in total. The molecule has 4 heterocycles. The number of amides is 3. The van der Waals surface area contributed by atoms with Crippen LogP contribution in [0.5, 0.6) is 0 Å². The first-order valence-corrected chi connectivity index (χ1v) is 14.9. The van der Waals surface area contributed by atoms with Crippen LogP contribution in [0.2, 0.25) is 5.02 Å². The molecular weight excluding hydrogens is 573 g/mol. The summed E-state index contributed by atoms with van der Waals surface area (Å²) >= 11 is 6.19. The maximum absolute atomic E-state index is 14.5. The first-order valence-electron chi connectivity index (χ1n) is 14.5. The molecule has 1 N–H and O–H groups in total. The lowest BCUT2D eigenvalue weighted by molar-refractivity contribution is -0.130. The molecule has 3 aliphatic heterocycles. The Kier molecular flexibility index (Phi) is 7.96. The fourth-order valence-electron chi connectivity index (χ4n) is 6.60. The van der Waals surface area contributed by atoms with Crippen molar-refractivity contribution in [3.8, 4) is 0 Å². The number of hydrogen-bond donors (Lipinski definition) is 1. The van der Waals surface area contributed by atoms with E-state index in [9.17, 15) is 23.6 Å². The van der Waals surface area contributed by atoms with Crippen molar-refractivity contribution >= 4 is 40.7 Å². The molecule has 2 unspecified atom stereocenters. The predicted molar refractivity (Wildman–Crippen MR) is 162 cm³/mol. The summed E-state index contributed by atoms with van der Waals surface area (Å²) in [5.74, 6) is -0.843. The predicted octanol–water partition coefficient (Wildman–Crippen LogP) is 3.75. The van der Waals surface area contributed by atoms with E-state index in [-0.39, 0.29) is 46.2 Å². The van der Waals surface area contributed by atoms with Crippen LogP contribution in [-0.4, -0.2) is 71.4 Å². The minimum Gasteiger partial charge on any atom is -0.369 e. The Morgan fingerprint density at radius 2 is 1.70 bits per heavy atom. The summed E-state index contributed by atoms with van der Waals surface area (Å²) in [6.45, 7) is 5.23. The van der Waals surface area contributed by atoms with E-state index < -0.39 is 11.7 Å². The van der Waals surface area contributed by atoms with Crippen molar-refractivity contribution in [2.75, 3.05) is 49.5 Å². The number of anilines is 2. The number of benzene rings is 2. The number of piperazine rings is 1. The zero-order valence-corrected chi connectivity index (χ0v) is 24.6. The monoisotopic (exact) mass is 605 g/mol. The van der Waals surface area contributed by atoms with Crippen LogP contribution in [0.1, 0.15) is 40.9 Å². The highest BCUT2D eigenvalue weighted by atomic mass is 35.5. The molecule has 2 saturated heterocycles. The normalized spacial score (nSPS) is 19.6. The Morgan fingerprint density at radius 1 is 0.953 bits per heavy atom. The van der Waals surface area contributed by atoms with Crippen molar-refractivity contribution in [3.05, 3.63) is 92.6 Å². The van der Waals surface area contributed by atoms with Crippen molar-refractivity contribution in [1.29, 1.82) is 0 Å². The number of halogens is 2. The molecule has 2 bridgehead atoms. The van der Waals surface area contributed by atoms with E-state index in [1.54, 1.807) is 40.1 Å². The highest BCUT2D eigenvalue weighted by molar-refractivity contribution is 6.31. The average Bonchev–Trinajstić information content (AvgIpc) is 2.99. The molecule has 2 aromatic carbocycles. The minimum atomic E-state index is -0.561. The third-order valence-corrected chi connectivity index (χ3v) is 9.10. The van der Waals surface area contributed by atoms with Gasteiger partial charge >= 0.3 is 0 Å². The Labute approximate surface area is 253 Å². The first kappa shape index (κ1) is 28.9. The number of piperidine rings is 1. The molecular formula is C32H33ClFN5O4. The van der Waals surface area contributed by atoms with Crippen LogP contribution >= 0.6 is 11.6 Å². The number of carbonyl (C=O) groups is 3. The lowest BCUT2D eigenvalue weighted by Crippen LogP contribution is -2.50. The van der Waals surface area contributed by atoms with Crippen LogP contribution in [0.3, 0.4) is 0 Å². The van der Waals surface area contributed by atoms with Crippen molar-refractivity contribution in [2.45, 2.75) is 32.2 Å². The van der Waals surface area contributed by atoms with Gasteiger partial charge in [-0.2, -0.15) is 0 Å². The summed E-state index contributed by atoms with van der Waals surface area (Å²) < 4.78 is 16.3. The van der Waals surface area contributed by atoms with Gasteiger partial charge in [0.05, 0.1) is 17.8 Å². The van der Waals surface area contributed by atoms with Crippen LogP contribution < -0.4 is 15.8 Å². The molecule has 6 rings (SSSR count). The van der Waals surface area contributed by atoms with Crippen LogP contribution in [0.4, 0.5) is 15.8 Å². The number of aromatic nitrogens is 1. The van der Waals surface area contributed by atoms with Crippen LogP contribution in [0.25, 0.3) is 0 Å². The van der Waals surface area contributed by atoms with Crippen molar-refractivity contribution in [2.24, 2.45) is 5.92 Å². The molecule has 3 amide bonds. The molecule has 1 aromatic heterocycles. The summed E-state index contributed by atoms with van der Waals surface area (Å²) in [4.78, 5) is 56.7. The van der Waals surface area contributed by atoms with Crippen LogP contribution in [0.15, 0.2) is 59.4 Å². The Bertz CT molecular complexity index is 1630. The van der Waals surface area contributed by atoms with Crippen LogP contribution in [0, 0.1) is 11.7 Å². The van der Waals surface area contributed by atoms with E-state index in [0.29, 0.717) is 57.1 Å². The summed E-state index contributed by atoms with van der Waals surface area (Å²) in [5, 5.41) is 3.11. The van der Waals surface area contributed by atoms with Gasteiger partial charge in [-0.1, -0.05) is 23.7 Å². The summed E-state index contributed by atoms with van der Waals surface area (Å²) in [6.07, 6.45) is 0.702. The van der Waals surface area contributed by atoms with Gasteiger partial charge in [-0.3, -0.25) is 19.2 Å². The molecule has 43 heavy (non-hydrogen) atoms. The van der Waals surface area contributed by atoms with Crippen molar-refractivity contribution < 1.29 is 18.8 Å². The number of rotatable bonds is 5. The second-order valence-corrected chi connectivity index (χ2v) is 12.0. The van der Waals surface area contributed by atoms with Gasteiger partial charge in [0.2, 0.25) is 11.8 Å². The number of fused-ring (bicyclic) bond motifs is 4. The van der Waals surface area contributed by atoms with E-state index in [0.717, 1.165) is 17.8 Å². The van der Waals surface area contributed by atoms with E-state index >= 15 is 0 Å². The SMILES string of the molecule is CC(=O)N1CCN(C(=O)c2ccc(N3CC4CC(C3)c3cccc(=O)n3C4)c(NC(=O)Cc3c(F)cccc3Cl)c2)CC1. The van der Waals surface area contributed by atoms with Gasteiger partial charge < -0.3 is 24.6 Å². The number of nitrogens with zero attached hydrogens (tertiary/aromatic N) is 4. The topological polar surface area (TPSA) is 95.0 Å². The van der Waals surface area contributed by atoms with Gasteiger partial charge in [0.1, 0.15) is 5.82 Å². The smallest absolute Gasteiger partial charge is 0.254 e. The highest BCUT2D eigenvalue weighted by Gasteiger charge is 2.35. The average molecular weight is 606 g/mol. The van der Waals surface area contributed by atoms with Crippen molar-refractivity contribution in [3.63, 3.8) is 0 Å². The van der Waals surface area contributed by atoms with E-state index in [1.165, 1.54) is 19.1 Å². The number of hydrogen-bond acceptors (Lipinski definition) is 5. The van der Waals surface area contributed by atoms with Gasteiger partial charge in [0.15, 0.2) is 0 Å². The first-order chi connectivity index (χ1) is 20.7. The van der Waals surface area contributed by atoms with Gasteiger partial charge in [0.25, 0.3) is 11.5 Å². The third kappa shape index (κ3) is 5.88. The van der Waals surface area contributed by atoms with E-state index in [1.807, 2.05) is 16.7 Å². The fraction of sp³-hybridized carbons (Fsp3) is 0.375. The number of pyridine rings is 1. The molecule has 0 aliphatic carbocycles. The second-order valence-electron chi connectivity index (χ2n) is 11.6. The molecule has 2 fully saturated rings. The molecule has 0 radical (unpaired) electrons. The third-order valence-electron chi connectivity index (χ3n) is 8.75. The Hall–Kier alpha value is -4.18. The fourth-order valence-corrected chi connectivity index (χ4v) is 6.83. The van der Waals surface area contributed by atoms with Crippen molar-refractivity contribution in [1.82, 2.24) is 14.4 Å². The van der Waals surface area contributed by atoms with Gasteiger partial charge in [0, 0.05) is 86.6 Å². The Balaban J connectivity index is 1.29. The molecule has 0 saturated carbocycles. The number of carbonyl (C=O) groups excluding carboxylic acids is 3. The summed E-state index contributed by atoms with van der Waals surface area (Å²) in [7, 11) is 0. The van der Waals surface area contributed by atoms with E-state index in [2.05, 4.69) is 10.2 Å². The Morgan fingerprint density at radius 3 is 2.44 bits per heavy atom. The maximum atomic E-state index is 14.5. The van der Waals surface area contributed by atoms with Gasteiger partial charge in [-0.25, -0.2) is 4.39 Å². The lowest BCUT2D eigenvalue weighted by Gasteiger charge is -2.44. The highest BCUT2D eigenvalue weighted by Crippen LogP contribution is 2.39. The summed E-state index contributed by atoms with van der Waals surface area (Å²) in [6, 6.07) is 15.0.